The third kappa shape index (κ3) is 3.62. The number of methoxy groups -OCH3 is 3. The highest BCUT2D eigenvalue weighted by molar-refractivity contribution is 5.53. The lowest BCUT2D eigenvalue weighted by Crippen LogP contribution is -1.97. The van der Waals surface area contributed by atoms with Crippen molar-refractivity contribution in [3.63, 3.8) is 0 Å². The Morgan fingerprint density at radius 3 is 1.52 bits per heavy atom. The maximum atomic E-state index is 9.94. The Balaban J connectivity index is 2.23. The zero-order valence-electron chi connectivity index (χ0n) is 13.8. The third-order valence-corrected chi connectivity index (χ3v) is 3.79. The van der Waals surface area contributed by atoms with Gasteiger partial charge in [0.15, 0.2) is 23.0 Å². The Morgan fingerprint density at radius 2 is 1.09 bits per heavy atom. The highest BCUT2D eigenvalue weighted by atomic mass is 16.5. The molecule has 2 rings (SSSR count). The van der Waals surface area contributed by atoms with E-state index in [1.54, 1.807) is 12.1 Å². The van der Waals surface area contributed by atoms with Crippen LogP contribution < -0.4 is 14.2 Å². The summed E-state index contributed by atoms with van der Waals surface area (Å²) >= 11 is 0. The summed E-state index contributed by atoms with van der Waals surface area (Å²) in [5, 5.41) is 19.8. The van der Waals surface area contributed by atoms with Crippen molar-refractivity contribution in [3.8, 4) is 28.7 Å². The summed E-state index contributed by atoms with van der Waals surface area (Å²) in [6.45, 7) is 1.84. The molecule has 0 atom stereocenters. The normalized spacial score (nSPS) is 10.4. The summed E-state index contributed by atoms with van der Waals surface area (Å²) in [7, 11) is 4.55. The van der Waals surface area contributed by atoms with E-state index in [4.69, 9.17) is 14.2 Å². The minimum absolute atomic E-state index is 0.000831. The zero-order valence-corrected chi connectivity index (χ0v) is 13.8. The number of hydrogen-bond donors (Lipinski definition) is 2. The van der Waals surface area contributed by atoms with E-state index in [-0.39, 0.29) is 11.5 Å². The van der Waals surface area contributed by atoms with Gasteiger partial charge in [-0.15, -0.1) is 0 Å². The monoisotopic (exact) mass is 318 g/mol. The molecule has 0 spiro atoms. The Bertz CT molecular complexity index is 669. The summed E-state index contributed by atoms with van der Waals surface area (Å²) in [6, 6.07) is 7.36. The van der Waals surface area contributed by atoms with Crippen molar-refractivity contribution in [1.82, 2.24) is 0 Å². The molecule has 0 aliphatic heterocycles. The van der Waals surface area contributed by atoms with Crippen molar-refractivity contribution >= 4 is 0 Å². The van der Waals surface area contributed by atoms with E-state index in [9.17, 15) is 10.2 Å². The van der Waals surface area contributed by atoms with Crippen molar-refractivity contribution in [2.75, 3.05) is 21.3 Å². The molecule has 2 aromatic rings. The number of phenolic OH excluding ortho intramolecular Hbond substituents is 2. The first-order valence-electron chi connectivity index (χ1n) is 7.30. The molecular formula is C18H22O5. The SMILES string of the molecule is COc1cc(CCc2cc(OC)c(O)c(OC)c2)cc(C)c1O. The first-order chi connectivity index (χ1) is 11.0. The van der Waals surface area contributed by atoms with Gasteiger partial charge in [0.2, 0.25) is 5.75 Å². The number of aromatic hydroxyl groups is 2. The number of hydrogen-bond acceptors (Lipinski definition) is 5. The van der Waals surface area contributed by atoms with Crippen LogP contribution in [-0.2, 0) is 12.8 Å². The van der Waals surface area contributed by atoms with Crippen molar-refractivity contribution in [2.24, 2.45) is 0 Å². The molecule has 0 fully saturated rings. The molecule has 2 aromatic carbocycles. The molecule has 0 aliphatic carbocycles. The smallest absolute Gasteiger partial charge is 0.200 e. The van der Waals surface area contributed by atoms with Gasteiger partial charge in [-0.25, -0.2) is 0 Å². The molecule has 0 radical (unpaired) electrons. The molecular weight excluding hydrogens is 296 g/mol. The summed E-state index contributed by atoms with van der Waals surface area (Å²) in [6.07, 6.45) is 1.49. The molecule has 5 heteroatoms. The van der Waals surface area contributed by atoms with Gasteiger partial charge in [0, 0.05) is 0 Å². The molecule has 2 N–H and O–H groups in total. The van der Waals surface area contributed by atoms with E-state index in [1.165, 1.54) is 21.3 Å². The topological polar surface area (TPSA) is 68.2 Å². The molecule has 0 aliphatic rings. The van der Waals surface area contributed by atoms with E-state index < -0.39 is 0 Å². The van der Waals surface area contributed by atoms with E-state index in [1.807, 2.05) is 19.1 Å². The van der Waals surface area contributed by atoms with E-state index >= 15 is 0 Å². The fraction of sp³-hybridized carbons (Fsp3) is 0.333. The van der Waals surface area contributed by atoms with Gasteiger partial charge in [0.1, 0.15) is 0 Å². The summed E-state index contributed by atoms with van der Waals surface area (Å²) < 4.78 is 15.5. The summed E-state index contributed by atoms with van der Waals surface area (Å²) in [4.78, 5) is 0. The van der Waals surface area contributed by atoms with Crippen LogP contribution in [0.2, 0.25) is 0 Å². The van der Waals surface area contributed by atoms with Crippen LogP contribution in [0, 0.1) is 6.92 Å². The van der Waals surface area contributed by atoms with Crippen molar-refractivity contribution in [1.29, 1.82) is 0 Å². The van der Waals surface area contributed by atoms with Crippen molar-refractivity contribution in [2.45, 2.75) is 19.8 Å². The van der Waals surface area contributed by atoms with Gasteiger partial charge >= 0.3 is 0 Å². The van der Waals surface area contributed by atoms with Gasteiger partial charge in [-0.3, -0.25) is 0 Å². The number of phenols is 2. The van der Waals surface area contributed by atoms with Gasteiger partial charge < -0.3 is 24.4 Å². The lowest BCUT2D eigenvalue weighted by atomic mass is 10.0. The van der Waals surface area contributed by atoms with Gasteiger partial charge in [0.05, 0.1) is 21.3 Å². The van der Waals surface area contributed by atoms with Gasteiger partial charge in [-0.1, -0.05) is 6.07 Å². The maximum absolute atomic E-state index is 9.94. The molecule has 124 valence electrons. The maximum Gasteiger partial charge on any atom is 0.200 e. The number of benzene rings is 2. The van der Waals surface area contributed by atoms with Crippen molar-refractivity contribution < 1.29 is 24.4 Å². The summed E-state index contributed by atoms with van der Waals surface area (Å²) in [5.74, 6) is 1.42. The molecule has 0 saturated heterocycles. The predicted molar refractivity (Wildman–Crippen MR) is 88.0 cm³/mol. The van der Waals surface area contributed by atoms with Crippen LogP contribution >= 0.6 is 0 Å². The predicted octanol–water partition coefficient (Wildman–Crippen LogP) is 3.22. The van der Waals surface area contributed by atoms with Crippen LogP contribution in [0.4, 0.5) is 0 Å². The molecule has 0 heterocycles. The first-order valence-corrected chi connectivity index (χ1v) is 7.30. The summed E-state index contributed by atoms with van der Waals surface area (Å²) in [5.41, 5.74) is 2.82. The molecule has 0 unspecified atom stereocenters. The molecule has 23 heavy (non-hydrogen) atoms. The average molecular weight is 318 g/mol. The lowest BCUT2D eigenvalue weighted by Gasteiger charge is -2.12. The lowest BCUT2D eigenvalue weighted by molar-refractivity contribution is 0.339. The Morgan fingerprint density at radius 1 is 0.696 bits per heavy atom. The van der Waals surface area contributed by atoms with Crippen molar-refractivity contribution in [3.05, 3.63) is 41.0 Å². The molecule has 0 aromatic heterocycles. The quantitative estimate of drug-likeness (QED) is 0.856. The Labute approximate surface area is 136 Å². The zero-order chi connectivity index (χ0) is 17.0. The fourth-order valence-corrected chi connectivity index (χ4v) is 2.50. The largest absolute Gasteiger partial charge is 0.504 e. The number of rotatable bonds is 6. The van der Waals surface area contributed by atoms with E-state index in [0.717, 1.165) is 29.5 Å². The molecule has 5 nitrogen and oxygen atoms in total. The second-order valence-corrected chi connectivity index (χ2v) is 5.31. The third-order valence-electron chi connectivity index (χ3n) is 3.79. The molecule has 0 bridgehead atoms. The standard InChI is InChI=1S/C18H22O5/c1-11-7-12(8-14(21-2)17(11)19)5-6-13-9-15(22-3)18(20)16(10-13)23-4/h7-10,19-20H,5-6H2,1-4H3. The second-order valence-electron chi connectivity index (χ2n) is 5.31. The van der Waals surface area contributed by atoms with Gasteiger partial charge in [-0.2, -0.15) is 0 Å². The van der Waals surface area contributed by atoms with Crippen LogP contribution in [0.1, 0.15) is 16.7 Å². The van der Waals surface area contributed by atoms with Crippen LogP contribution in [-0.4, -0.2) is 31.5 Å². The fourth-order valence-electron chi connectivity index (χ4n) is 2.50. The van der Waals surface area contributed by atoms with Crippen LogP contribution in [0.3, 0.4) is 0 Å². The second kappa shape index (κ2) is 7.13. The molecule has 0 saturated carbocycles. The first kappa shape index (κ1) is 16.8. The number of aryl methyl sites for hydroxylation is 3. The van der Waals surface area contributed by atoms with E-state index in [0.29, 0.717) is 17.2 Å². The Hall–Kier alpha value is -2.56. The minimum Gasteiger partial charge on any atom is -0.504 e. The minimum atomic E-state index is 0.000831. The van der Waals surface area contributed by atoms with Gasteiger partial charge in [0.25, 0.3) is 0 Å². The Kier molecular flexibility index (Phi) is 5.21. The van der Waals surface area contributed by atoms with E-state index in [2.05, 4.69) is 0 Å². The molecule has 0 amide bonds. The highest BCUT2D eigenvalue weighted by Crippen LogP contribution is 2.37. The van der Waals surface area contributed by atoms with Crippen LogP contribution in [0.25, 0.3) is 0 Å². The highest BCUT2D eigenvalue weighted by Gasteiger charge is 2.12. The van der Waals surface area contributed by atoms with Gasteiger partial charge in [-0.05, 0) is 54.7 Å². The van der Waals surface area contributed by atoms with Crippen LogP contribution in [0.5, 0.6) is 28.7 Å². The van der Waals surface area contributed by atoms with Crippen LogP contribution in [0.15, 0.2) is 24.3 Å². The average Bonchev–Trinajstić information content (AvgIpc) is 2.56. The number of ether oxygens (including phenoxy) is 3.